The van der Waals surface area contributed by atoms with Gasteiger partial charge in [0.25, 0.3) is 0 Å². The predicted octanol–water partition coefficient (Wildman–Crippen LogP) is 1.42. The number of hydrogen-bond donors (Lipinski definition) is 1. The first-order chi connectivity index (χ1) is 9.67. The zero-order valence-electron chi connectivity index (χ0n) is 13.6. The molecule has 4 nitrogen and oxygen atoms in total. The molecule has 20 heavy (non-hydrogen) atoms. The highest BCUT2D eigenvalue weighted by atomic mass is 16.5. The van der Waals surface area contributed by atoms with Crippen molar-refractivity contribution in [3.05, 3.63) is 0 Å². The molecule has 2 heterocycles. The number of ether oxygens (including phenoxy) is 1. The van der Waals surface area contributed by atoms with Crippen LogP contribution in [0.5, 0.6) is 0 Å². The molecule has 0 aliphatic carbocycles. The molecule has 4 heteroatoms. The van der Waals surface area contributed by atoms with Gasteiger partial charge >= 0.3 is 0 Å². The minimum absolute atomic E-state index is 0.446. The Kier molecular flexibility index (Phi) is 6.75. The van der Waals surface area contributed by atoms with Crippen LogP contribution in [0.4, 0.5) is 0 Å². The number of hydrogen-bond acceptors (Lipinski definition) is 4. The fourth-order valence-corrected chi connectivity index (χ4v) is 3.33. The van der Waals surface area contributed by atoms with Gasteiger partial charge in [0.1, 0.15) is 0 Å². The first-order valence-corrected chi connectivity index (χ1v) is 8.48. The Morgan fingerprint density at radius 2 is 1.70 bits per heavy atom. The van der Waals surface area contributed by atoms with Gasteiger partial charge in [0, 0.05) is 45.8 Å². The van der Waals surface area contributed by atoms with Gasteiger partial charge in [-0.25, -0.2) is 0 Å². The lowest BCUT2D eigenvalue weighted by atomic mass is 10.1. The number of piperazine rings is 1. The SMILES string of the molecule is CCNCC1CCC(CN2CCN(CC(C)C)CC2)O1. The molecule has 0 spiro atoms. The van der Waals surface area contributed by atoms with E-state index in [1.165, 1.54) is 45.6 Å². The molecule has 0 radical (unpaired) electrons. The van der Waals surface area contributed by atoms with Crippen LogP contribution in [0.25, 0.3) is 0 Å². The molecule has 0 aromatic heterocycles. The van der Waals surface area contributed by atoms with E-state index in [1.807, 2.05) is 0 Å². The molecule has 2 saturated heterocycles. The highest BCUT2D eigenvalue weighted by Gasteiger charge is 2.27. The normalized spacial score (nSPS) is 29.4. The number of nitrogens with zero attached hydrogens (tertiary/aromatic N) is 2. The Bertz CT molecular complexity index is 264. The van der Waals surface area contributed by atoms with Crippen LogP contribution in [0.1, 0.15) is 33.6 Å². The predicted molar refractivity (Wildman–Crippen MR) is 84.2 cm³/mol. The molecule has 118 valence electrons. The van der Waals surface area contributed by atoms with Gasteiger partial charge in [0.2, 0.25) is 0 Å². The molecule has 0 bridgehead atoms. The van der Waals surface area contributed by atoms with Crippen LogP contribution in [0.3, 0.4) is 0 Å². The van der Waals surface area contributed by atoms with Crippen molar-refractivity contribution in [1.29, 1.82) is 0 Å². The molecule has 2 aliphatic heterocycles. The summed E-state index contributed by atoms with van der Waals surface area (Å²) in [4.78, 5) is 5.20. The molecule has 2 atom stereocenters. The topological polar surface area (TPSA) is 27.7 Å². The first kappa shape index (κ1) is 16.2. The van der Waals surface area contributed by atoms with Crippen molar-refractivity contribution in [2.45, 2.75) is 45.8 Å². The standard InChI is InChI=1S/C16H33N3O/c1-4-17-11-15-5-6-16(20-15)13-19-9-7-18(8-10-19)12-14(2)3/h14-17H,4-13H2,1-3H3. The smallest absolute Gasteiger partial charge is 0.0707 e. The fraction of sp³-hybridized carbons (Fsp3) is 1.00. The Labute approximate surface area is 124 Å². The molecule has 0 saturated carbocycles. The number of rotatable bonds is 7. The molecule has 1 N–H and O–H groups in total. The molecule has 0 aromatic carbocycles. The average Bonchev–Trinajstić information content (AvgIpc) is 2.86. The van der Waals surface area contributed by atoms with Crippen LogP contribution in [-0.2, 0) is 4.74 Å². The van der Waals surface area contributed by atoms with E-state index in [-0.39, 0.29) is 0 Å². The summed E-state index contributed by atoms with van der Waals surface area (Å²) in [7, 11) is 0. The maximum atomic E-state index is 6.14. The lowest BCUT2D eigenvalue weighted by molar-refractivity contribution is 0.0120. The average molecular weight is 283 g/mol. The van der Waals surface area contributed by atoms with E-state index in [2.05, 4.69) is 35.9 Å². The highest BCUT2D eigenvalue weighted by molar-refractivity contribution is 4.80. The van der Waals surface area contributed by atoms with Gasteiger partial charge in [-0.1, -0.05) is 20.8 Å². The first-order valence-electron chi connectivity index (χ1n) is 8.48. The van der Waals surface area contributed by atoms with Crippen molar-refractivity contribution in [3.8, 4) is 0 Å². The van der Waals surface area contributed by atoms with Crippen LogP contribution in [0, 0.1) is 5.92 Å². The van der Waals surface area contributed by atoms with Crippen molar-refractivity contribution in [1.82, 2.24) is 15.1 Å². The van der Waals surface area contributed by atoms with Gasteiger partial charge in [-0.2, -0.15) is 0 Å². The third-order valence-electron chi connectivity index (χ3n) is 4.37. The Morgan fingerprint density at radius 1 is 1.05 bits per heavy atom. The van der Waals surface area contributed by atoms with Crippen LogP contribution in [0.15, 0.2) is 0 Å². The second-order valence-electron chi connectivity index (χ2n) is 6.76. The Balaban J connectivity index is 1.61. The highest BCUT2D eigenvalue weighted by Crippen LogP contribution is 2.20. The summed E-state index contributed by atoms with van der Waals surface area (Å²) in [5.41, 5.74) is 0. The molecule has 0 amide bonds. The largest absolute Gasteiger partial charge is 0.372 e. The Morgan fingerprint density at radius 3 is 2.35 bits per heavy atom. The summed E-state index contributed by atoms with van der Waals surface area (Å²) in [5, 5.41) is 3.39. The van der Waals surface area contributed by atoms with Gasteiger partial charge in [-0.3, -0.25) is 4.90 Å². The van der Waals surface area contributed by atoms with Crippen LogP contribution in [-0.4, -0.2) is 74.4 Å². The maximum absolute atomic E-state index is 6.14. The number of nitrogens with one attached hydrogen (secondary N) is 1. The maximum Gasteiger partial charge on any atom is 0.0707 e. The summed E-state index contributed by atoms with van der Waals surface area (Å²) >= 11 is 0. The summed E-state index contributed by atoms with van der Waals surface area (Å²) in [6.07, 6.45) is 3.38. The van der Waals surface area contributed by atoms with E-state index in [0.29, 0.717) is 12.2 Å². The van der Waals surface area contributed by atoms with E-state index in [4.69, 9.17) is 4.74 Å². The summed E-state index contributed by atoms with van der Waals surface area (Å²) < 4.78 is 6.14. The summed E-state index contributed by atoms with van der Waals surface area (Å²) in [6, 6.07) is 0. The summed E-state index contributed by atoms with van der Waals surface area (Å²) in [5.74, 6) is 0.784. The van der Waals surface area contributed by atoms with Crippen molar-refractivity contribution in [3.63, 3.8) is 0 Å². The van der Waals surface area contributed by atoms with Gasteiger partial charge in [0.15, 0.2) is 0 Å². The summed E-state index contributed by atoms with van der Waals surface area (Å²) in [6.45, 7) is 16.1. The zero-order chi connectivity index (χ0) is 14.4. The fourth-order valence-electron chi connectivity index (χ4n) is 3.33. The van der Waals surface area contributed by atoms with E-state index < -0.39 is 0 Å². The minimum atomic E-state index is 0.446. The monoisotopic (exact) mass is 283 g/mol. The molecule has 2 fully saturated rings. The zero-order valence-corrected chi connectivity index (χ0v) is 13.6. The van der Waals surface area contributed by atoms with Crippen molar-refractivity contribution in [2.75, 3.05) is 52.4 Å². The van der Waals surface area contributed by atoms with Gasteiger partial charge < -0.3 is 15.0 Å². The van der Waals surface area contributed by atoms with Crippen LogP contribution in [0.2, 0.25) is 0 Å². The van der Waals surface area contributed by atoms with E-state index in [9.17, 15) is 0 Å². The van der Waals surface area contributed by atoms with E-state index in [0.717, 1.165) is 25.6 Å². The lowest BCUT2D eigenvalue weighted by Gasteiger charge is -2.36. The molecular weight excluding hydrogens is 250 g/mol. The van der Waals surface area contributed by atoms with Crippen LogP contribution >= 0.6 is 0 Å². The molecule has 2 unspecified atom stereocenters. The molecular formula is C16H33N3O. The van der Waals surface area contributed by atoms with E-state index in [1.54, 1.807) is 0 Å². The van der Waals surface area contributed by atoms with Gasteiger partial charge in [-0.15, -0.1) is 0 Å². The second kappa shape index (κ2) is 8.32. The Hall–Kier alpha value is -0.160. The van der Waals surface area contributed by atoms with Gasteiger partial charge in [-0.05, 0) is 25.3 Å². The third-order valence-corrected chi connectivity index (χ3v) is 4.37. The van der Waals surface area contributed by atoms with Crippen molar-refractivity contribution >= 4 is 0 Å². The molecule has 2 aliphatic rings. The van der Waals surface area contributed by atoms with Crippen molar-refractivity contribution in [2.24, 2.45) is 5.92 Å². The number of likely N-dealkylation sites (N-methyl/N-ethyl adjacent to an activating group) is 1. The minimum Gasteiger partial charge on any atom is -0.372 e. The molecule has 0 aromatic rings. The quantitative estimate of drug-likeness (QED) is 0.765. The second-order valence-corrected chi connectivity index (χ2v) is 6.76. The van der Waals surface area contributed by atoms with Crippen LogP contribution < -0.4 is 5.32 Å². The lowest BCUT2D eigenvalue weighted by Crippen LogP contribution is -2.49. The van der Waals surface area contributed by atoms with Crippen molar-refractivity contribution < 1.29 is 4.74 Å². The third kappa shape index (κ3) is 5.32. The molecule has 2 rings (SSSR count). The van der Waals surface area contributed by atoms with Gasteiger partial charge in [0.05, 0.1) is 12.2 Å². The van der Waals surface area contributed by atoms with E-state index >= 15 is 0 Å².